The van der Waals surface area contributed by atoms with Gasteiger partial charge in [-0.25, -0.2) is 9.97 Å². The Bertz CT molecular complexity index is 912. The van der Waals surface area contributed by atoms with Gasteiger partial charge in [0.2, 0.25) is 5.95 Å². The van der Waals surface area contributed by atoms with Crippen molar-refractivity contribution in [2.24, 2.45) is 0 Å². The molecule has 0 aliphatic rings. The van der Waals surface area contributed by atoms with Gasteiger partial charge < -0.3 is 11.1 Å². The number of rotatable bonds is 3. The fraction of sp³-hybridized carbons (Fsp3) is 0.0588. The SMILES string of the molecule is Nc1cc(C(F)(F)F)ccc1Nc1nccc(-c2cccc(Cl)c2)n1. The Morgan fingerprint density at radius 3 is 2.52 bits per heavy atom. The molecule has 2 aromatic carbocycles. The van der Waals surface area contributed by atoms with Crippen LogP contribution in [0.4, 0.5) is 30.5 Å². The van der Waals surface area contributed by atoms with Crippen LogP contribution in [0.25, 0.3) is 11.3 Å². The normalized spacial score (nSPS) is 11.4. The summed E-state index contributed by atoms with van der Waals surface area (Å²) in [5.74, 6) is 0.212. The molecular formula is C17H12ClF3N4. The molecule has 1 heterocycles. The largest absolute Gasteiger partial charge is 0.416 e. The molecule has 0 fully saturated rings. The highest BCUT2D eigenvalue weighted by atomic mass is 35.5. The van der Waals surface area contributed by atoms with E-state index in [2.05, 4.69) is 15.3 Å². The molecule has 4 nitrogen and oxygen atoms in total. The smallest absolute Gasteiger partial charge is 0.397 e. The first-order valence-corrected chi connectivity index (χ1v) is 7.53. The first-order valence-electron chi connectivity index (χ1n) is 7.16. The maximum Gasteiger partial charge on any atom is 0.416 e. The van der Waals surface area contributed by atoms with Gasteiger partial charge in [-0.2, -0.15) is 13.2 Å². The van der Waals surface area contributed by atoms with Crippen molar-refractivity contribution in [3.63, 3.8) is 0 Å². The number of hydrogen-bond acceptors (Lipinski definition) is 4. The summed E-state index contributed by atoms with van der Waals surface area (Å²) in [5.41, 5.74) is 6.53. The second kappa shape index (κ2) is 6.60. The van der Waals surface area contributed by atoms with Crippen molar-refractivity contribution in [3.05, 3.63) is 65.3 Å². The van der Waals surface area contributed by atoms with Gasteiger partial charge in [-0.3, -0.25) is 0 Å². The number of nitrogens with one attached hydrogen (secondary N) is 1. The van der Waals surface area contributed by atoms with E-state index in [4.69, 9.17) is 17.3 Å². The highest BCUT2D eigenvalue weighted by Crippen LogP contribution is 2.33. The van der Waals surface area contributed by atoms with Crippen LogP contribution < -0.4 is 11.1 Å². The lowest BCUT2D eigenvalue weighted by Gasteiger charge is -2.12. The summed E-state index contributed by atoms with van der Waals surface area (Å²) in [5, 5.41) is 3.40. The van der Waals surface area contributed by atoms with E-state index in [-0.39, 0.29) is 17.3 Å². The number of nitrogens with two attached hydrogens (primary N) is 1. The number of nitrogen functional groups attached to an aromatic ring is 1. The number of hydrogen-bond donors (Lipinski definition) is 2. The van der Waals surface area contributed by atoms with Gasteiger partial charge in [-0.1, -0.05) is 23.7 Å². The third-order valence-electron chi connectivity index (χ3n) is 3.40. The van der Waals surface area contributed by atoms with Crippen LogP contribution >= 0.6 is 11.6 Å². The lowest BCUT2D eigenvalue weighted by atomic mass is 10.1. The molecule has 1 aromatic heterocycles. The molecule has 3 aromatic rings. The van der Waals surface area contributed by atoms with E-state index in [0.29, 0.717) is 10.7 Å². The second-order valence-corrected chi connectivity index (χ2v) is 5.64. The molecule has 25 heavy (non-hydrogen) atoms. The van der Waals surface area contributed by atoms with Crippen molar-refractivity contribution in [3.8, 4) is 11.3 Å². The Morgan fingerprint density at radius 1 is 1.04 bits per heavy atom. The summed E-state index contributed by atoms with van der Waals surface area (Å²) in [6.07, 6.45) is -2.92. The summed E-state index contributed by atoms with van der Waals surface area (Å²) in [7, 11) is 0. The number of benzene rings is 2. The molecular weight excluding hydrogens is 353 g/mol. The van der Waals surface area contributed by atoms with Crippen LogP contribution in [-0.4, -0.2) is 9.97 Å². The summed E-state index contributed by atoms with van der Waals surface area (Å²) in [4.78, 5) is 8.39. The third kappa shape index (κ3) is 4.00. The number of halogens is 4. The zero-order valence-corrected chi connectivity index (χ0v) is 13.4. The van der Waals surface area contributed by atoms with Crippen molar-refractivity contribution in [2.75, 3.05) is 11.1 Å². The summed E-state index contributed by atoms with van der Waals surface area (Å²) < 4.78 is 38.1. The van der Waals surface area contributed by atoms with Gasteiger partial charge in [-0.15, -0.1) is 0 Å². The van der Waals surface area contributed by atoms with Gasteiger partial charge >= 0.3 is 6.18 Å². The van der Waals surface area contributed by atoms with Crippen LogP contribution in [0, 0.1) is 0 Å². The number of alkyl halides is 3. The number of nitrogens with zero attached hydrogens (tertiary/aromatic N) is 2. The first-order chi connectivity index (χ1) is 11.8. The number of anilines is 3. The van der Waals surface area contributed by atoms with E-state index in [1.807, 2.05) is 6.07 Å². The molecule has 8 heteroatoms. The molecule has 0 amide bonds. The number of aromatic nitrogens is 2. The zero-order chi connectivity index (χ0) is 18.0. The second-order valence-electron chi connectivity index (χ2n) is 5.20. The molecule has 0 saturated carbocycles. The summed E-state index contributed by atoms with van der Waals surface area (Å²) >= 11 is 5.97. The quantitative estimate of drug-likeness (QED) is 0.631. The first kappa shape index (κ1) is 17.0. The third-order valence-corrected chi connectivity index (χ3v) is 3.64. The standard InChI is InChI=1S/C17H12ClF3N4/c18-12-3-1-2-10(8-12)14-6-7-23-16(24-14)25-15-5-4-11(9-13(15)22)17(19,20)21/h1-9H,22H2,(H,23,24,25). The van der Waals surface area contributed by atoms with Crippen LogP contribution in [0.5, 0.6) is 0 Å². The van der Waals surface area contributed by atoms with Crippen LogP contribution in [0.3, 0.4) is 0 Å². The maximum atomic E-state index is 12.7. The van der Waals surface area contributed by atoms with Crippen LogP contribution in [-0.2, 0) is 6.18 Å². The van der Waals surface area contributed by atoms with Gasteiger partial charge in [0.05, 0.1) is 22.6 Å². The molecule has 0 aliphatic heterocycles. The van der Waals surface area contributed by atoms with Crippen LogP contribution in [0.2, 0.25) is 5.02 Å². The fourth-order valence-electron chi connectivity index (χ4n) is 2.20. The fourth-order valence-corrected chi connectivity index (χ4v) is 2.39. The molecule has 0 aliphatic carbocycles. The molecule has 0 radical (unpaired) electrons. The van der Waals surface area contributed by atoms with E-state index >= 15 is 0 Å². The Labute approximate surface area is 146 Å². The Kier molecular flexibility index (Phi) is 4.50. The zero-order valence-electron chi connectivity index (χ0n) is 12.7. The lowest BCUT2D eigenvalue weighted by molar-refractivity contribution is -0.137. The average Bonchev–Trinajstić information content (AvgIpc) is 2.56. The molecule has 0 saturated heterocycles. The molecule has 128 valence electrons. The molecule has 0 unspecified atom stereocenters. The van der Waals surface area contributed by atoms with Crippen molar-refractivity contribution >= 4 is 28.9 Å². The van der Waals surface area contributed by atoms with E-state index in [1.165, 1.54) is 12.3 Å². The molecule has 0 spiro atoms. The maximum absolute atomic E-state index is 12.7. The predicted molar refractivity (Wildman–Crippen MR) is 91.6 cm³/mol. The van der Waals surface area contributed by atoms with Gasteiger partial charge in [0, 0.05) is 16.8 Å². The monoisotopic (exact) mass is 364 g/mol. The van der Waals surface area contributed by atoms with E-state index < -0.39 is 11.7 Å². The van der Waals surface area contributed by atoms with Crippen LogP contribution in [0.1, 0.15) is 5.56 Å². The van der Waals surface area contributed by atoms with Crippen molar-refractivity contribution < 1.29 is 13.2 Å². The molecule has 0 atom stereocenters. The minimum Gasteiger partial charge on any atom is -0.397 e. The van der Waals surface area contributed by atoms with E-state index in [0.717, 1.165) is 17.7 Å². The Hall–Kier alpha value is -2.80. The average molecular weight is 365 g/mol. The van der Waals surface area contributed by atoms with Gasteiger partial charge in [-0.05, 0) is 36.4 Å². The topological polar surface area (TPSA) is 63.8 Å². The van der Waals surface area contributed by atoms with E-state index in [1.54, 1.807) is 24.3 Å². The molecule has 0 bridgehead atoms. The highest BCUT2D eigenvalue weighted by Gasteiger charge is 2.30. The summed E-state index contributed by atoms with van der Waals surface area (Å²) in [6.45, 7) is 0. The molecule has 3 rings (SSSR count). The summed E-state index contributed by atoms with van der Waals surface area (Å²) in [6, 6.07) is 11.9. The molecule has 3 N–H and O–H groups in total. The van der Waals surface area contributed by atoms with Gasteiger partial charge in [0.25, 0.3) is 0 Å². The van der Waals surface area contributed by atoms with Gasteiger partial charge in [0.15, 0.2) is 0 Å². The van der Waals surface area contributed by atoms with Crippen molar-refractivity contribution in [2.45, 2.75) is 6.18 Å². The Balaban J connectivity index is 1.88. The van der Waals surface area contributed by atoms with Crippen LogP contribution in [0.15, 0.2) is 54.7 Å². The predicted octanol–water partition coefficient (Wildman–Crippen LogP) is 5.14. The van der Waals surface area contributed by atoms with Crippen molar-refractivity contribution in [1.29, 1.82) is 0 Å². The lowest BCUT2D eigenvalue weighted by Crippen LogP contribution is -2.07. The highest BCUT2D eigenvalue weighted by molar-refractivity contribution is 6.30. The van der Waals surface area contributed by atoms with E-state index in [9.17, 15) is 13.2 Å². The minimum absolute atomic E-state index is 0.0495. The van der Waals surface area contributed by atoms with Gasteiger partial charge in [0.1, 0.15) is 0 Å². The van der Waals surface area contributed by atoms with Crippen molar-refractivity contribution in [1.82, 2.24) is 9.97 Å². The minimum atomic E-state index is -4.45. The Morgan fingerprint density at radius 2 is 1.84 bits per heavy atom.